The van der Waals surface area contributed by atoms with Gasteiger partial charge in [0.2, 0.25) is 0 Å². The van der Waals surface area contributed by atoms with E-state index in [0.29, 0.717) is 5.69 Å². The second kappa shape index (κ2) is 7.94. The number of ether oxygens (including phenoxy) is 1. The van der Waals surface area contributed by atoms with Crippen molar-refractivity contribution < 1.29 is 9.53 Å². The van der Waals surface area contributed by atoms with E-state index in [9.17, 15) is 4.79 Å². The van der Waals surface area contributed by atoms with Crippen molar-refractivity contribution in [3.63, 3.8) is 0 Å². The highest BCUT2D eigenvalue weighted by molar-refractivity contribution is 7.18. The van der Waals surface area contributed by atoms with Crippen LogP contribution in [0.3, 0.4) is 0 Å². The highest BCUT2D eigenvalue weighted by Crippen LogP contribution is 2.36. The number of carbonyl (C=O) groups is 1. The molecule has 0 fully saturated rings. The van der Waals surface area contributed by atoms with Gasteiger partial charge in [0.15, 0.2) is 6.10 Å². The van der Waals surface area contributed by atoms with Crippen LogP contribution in [0.25, 0.3) is 21.0 Å². The third-order valence-corrected chi connectivity index (χ3v) is 5.03. The number of esters is 1. The molecule has 0 aliphatic rings. The minimum atomic E-state index is -0.766. The van der Waals surface area contributed by atoms with Crippen molar-refractivity contribution in [3.05, 3.63) is 65.9 Å². The standard InChI is InChI=1S/C21H18N2O2S/c1-14-8-10-16(11-9-14)20-18(12-19(24)25-15(2)13-22)23-21(26-20)17-6-4-3-5-7-17/h3-11,15H,12H2,1-2H3/t15-/m1/s1. The molecule has 0 aliphatic heterocycles. The lowest BCUT2D eigenvalue weighted by molar-refractivity contribution is -0.145. The van der Waals surface area contributed by atoms with E-state index in [1.807, 2.05) is 67.6 Å². The van der Waals surface area contributed by atoms with Crippen molar-refractivity contribution in [2.45, 2.75) is 26.4 Å². The Bertz CT molecular complexity index is 940. The van der Waals surface area contributed by atoms with E-state index >= 15 is 0 Å². The Kier molecular flexibility index (Phi) is 5.45. The van der Waals surface area contributed by atoms with E-state index in [-0.39, 0.29) is 6.42 Å². The molecule has 0 N–H and O–H groups in total. The van der Waals surface area contributed by atoms with E-state index in [1.165, 1.54) is 5.56 Å². The van der Waals surface area contributed by atoms with Gasteiger partial charge in [-0.1, -0.05) is 60.2 Å². The van der Waals surface area contributed by atoms with Crippen LogP contribution in [0.5, 0.6) is 0 Å². The molecule has 0 amide bonds. The number of rotatable bonds is 5. The molecule has 0 aliphatic carbocycles. The summed E-state index contributed by atoms with van der Waals surface area (Å²) < 4.78 is 5.09. The smallest absolute Gasteiger partial charge is 0.313 e. The first-order valence-electron chi connectivity index (χ1n) is 8.28. The van der Waals surface area contributed by atoms with Crippen LogP contribution >= 0.6 is 11.3 Å². The second-order valence-corrected chi connectivity index (χ2v) is 6.96. The fourth-order valence-electron chi connectivity index (χ4n) is 2.51. The van der Waals surface area contributed by atoms with Crippen molar-refractivity contribution in [3.8, 4) is 27.1 Å². The lowest BCUT2D eigenvalue weighted by atomic mass is 10.1. The molecule has 1 atom stereocenters. The van der Waals surface area contributed by atoms with Gasteiger partial charge in [0, 0.05) is 5.56 Å². The monoisotopic (exact) mass is 362 g/mol. The first kappa shape index (κ1) is 17.8. The fourth-order valence-corrected chi connectivity index (χ4v) is 3.60. The van der Waals surface area contributed by atoms with Crippen molar-refractivity contribution in [2.75, 3.05) is 0 Å². The number of benzene rings is 2. The minimum Gasteiger partial charge on any atom is -0.447 e. The molecule has 130 valence electrons. The van der Waals surface area contributed by atoms with E-state index in [2.05, 4.69) is 4.98 Å². The van der Waals surface area contributed by atoms with Crippen LogP contribution < -0.4 is 0 Å². The number of aromatic nitrogens is 1. The third-order valence-electron chi connectivity index (χ3n) is 3.83. The molecule has 0 radical (unpaired) electrons. The number of nitriles is 1. The average Bonchev–Trinajstić information content (AvgIpc) is 3.06. The summed E-state index contributed by atoms with van der Waals surface area (Å²) in [6.07, 6.45) is -0.726. The fraction of sp³-hybridized carbons (Fsp3) is 0.190. The second-order valence-electron chi connectivity index (χ2n) is 5.96. The van der Waals surface area contributed by atoms with E-state index in [0.717, 1.165) is 21.0 Å². The van der Waals surface area contributed by atoms with Gasteiger partial charge in [0.25, 0.3) is 0 Å². The summed E-state index contributed by atoms with van der Waals surface area (Å²) in [5.41, 5.74) is 3.88. The predicted octanol–water partition coefficient (Wildman–Crippen LogP) is 4.78. The van der Waals surface area contributed by atoms with Crippen molar-refractivity contribution >= 4 is 17.3 Å². The molecular weight excluding hydrogens is 344 g/mol. The van der Waals surface area contributed by atoms with Gasteiger partial charge in [-0.25, -0.2) is 4.98 Å². The minimum absolute atomic E-state index is 0.0402. The Hall–Kier alpha value is -2.97. The van der Waals surface area contributed by atoms with Crippen LogP contribution in [-0.4, -0.2) is 17.1 Å². The third kappa shape index (κ3) is 4.16. The average molecular weight is 362 g/mol. The summed E-state index contributed by atoms with van der Waals surface area (Å²) in [4.78, 5) is 17.8. The number of thiazole rings is 1. The zero-order valence-corrected chi connectivity index (χ0v) is 15.4. The molecule has 0 bridgehead atoms. The van der Waals surface area contributed by atoms with Gasteiger partial charge < -0.3 is 4.74 Å². The van der Waals surface area contributed by atoms with Crippen LogP contribution in [0.4, 0.5) is 0 Å². The van der Waals surface area contributed by atoms with Gasteiger partial charge in [-0.2, -0.15) is 5.26 Å². The first-order chi connectivity index (χ1) is 12.6. The van der Waals surface area contributed by atoms with Gasteiger partial charge in [-0.05, 0) is 19.4 Å². The SMILES string of the molecule is Cc1ccc(-c2sc(-c3ccccc3)nc2CC(=O)O[C@H](C)C#N)cc1. The van der Waals surface area contributed by atoms with E-state index in [4.69, 9.17) is 10.00 Å². The van der Waals surface area contributed by atoms with Gasteiger partial charge >= 0.3 is 5.97 Å². The van der Waals surface area contributed by atoms with E-state index < -0.39 is 12.1 Å². The normalized spacial score (nSPS) is 11.6. The Morgan fingerprint density at radius 3 is 2.50 bits per heavy atom. The molecule has 3 aromatic rings. The summed E-state index contributed by atoms with van der Waals surface area (Å²) in [6.45, 7) is 3.59. The Morgan fingerprint density at radius 2 is 1.85 bits per heavy atom. The molecule has 3 rings (SSSR count). The lowest BCUT2D eigenvalue weighted by Gasteiger charge is -2.06. The maximum absolute atomic E-state index is 12.2. The molecule has 1 heterocycles. The maximum Gasteiger partial charge on any atom is 0.313 e. The number of nitrogens with zero attached hydrogens (tertiary/aromatic N) is 2. The van der Waals surface area contributed by atoms with Crippen molar-refractivity contribution in [2.24, 2.45) is 0 Å². The van der Waals surface area contributed by atoms with Crippen LogP contribution in [0.1, 0.15) is 18.2 Å². The largest absolute Gasteiger partial charge is 0.447 e. The van der Waals surface area contributed by atoms with Crippen LogP contribution in [0.15, 0.2) is 54.6 Å². The molecule has 4 nitrogen and oxygen atoms in total. The molecule has 0 unspecified atom stereocenters. The predicted molar refractivity (Wildman–Crippen MR) is 103 cm³/mol. The topological polar surface area (TPSA) is 63.0 Å². The number of hydrogen-bond acceptors (Lipinski definition) is 5. The molecule has 26 heavy (non-hydrogen) atoms. The summed E-state index contributed by atoms with van der Waals surface area (Å²) in [6, 6.07) is 19.9. The first-order valence-corrected chi connectivity index (χ1v) is 9.09. The van der Waals surface area contributed by atoms with E-state index in [1.54, 1.807) is 18.3 Å². The zero-order valence-electron chi connectivity index (χ0n) is 14.6. The molecule has 0 saturated heterocycles. The molecular formula is C21H18N2O2S. The van der Waals surface area contributed by atoms with Crippen LogP contribution in [0, 0.1) is 18.3 Å². The summed E-state index contributed by atoms with van der Waals surface area (Å²) in [5.74, 6) is -0.447. The Balaban J connectivity index is 1.98. The number of carbonyl (C=O) groups excluding carboxylic acids is 1. The Labute approximate surface area is 156 Å². The molecule has 0 spiro atoms. The number of aryl methyl sites for hydroxylation is 1. The Morgan fingerprint density at radius 1 is 1.15 bits per heavy atom. The molecule has 2 aromatic carbocycles. The van der Waals surface area contributed by atoms with Crippen molar-refractivity contribution in [1.82, 2.24) is 4.98 Å². The summed E-state index contributed by atoms with van der Waals surface area (Å²) in [5, 5.41) is 9.68. The van der Waals surface area contributed by atoms with Crippen LogP contribution in [0.2, 0.25) is 0 Å². The van der Waals surface area contributed by atoms with Gasteiger partial charge in [-0.15, -0.1) is 11.3 Å². The van der Waals surface area contributed by atoms with Crippen molar-refractivity contribution in [1.29, 1.82) is 5.26 Å². The summed E-state index contributed by atoms with van der Waals surface area (Å²) >= 11 is 1.55. The highest BCUT2D eigenvalue weighted by Gasteiger charge is 2.19. The highest BCUT2D eigenvalue weighted by atomic mass is 32.1. The lowest BCUT2D eigenvalue weighted by Crippen LogP contribution is -2.15. The molecule has 0 saturated carbocycles. The number of hydrogen-bond donors (Lipinski definition) is 0. The van der Waals surface area contributed by atoms with Gasteiger partial charge in [-0.3, -0.25) is 4.79 Å². The van der Waals surface area contributed by atoms with Gasteiger partial charge in [0.05, 0.1) is 17.0 Å². The van der Waals surface area contributed by atoms with Crippen LogP contribution in [-0.2, 0) is 16.0 Å². The van der Waals surface area contributed by atoms with Gasteiger partial charge in [0.1, 0.15) is 11.1 Å². The quantitative estimate of drug-likeness (QED) is 0.613. The zero-order chi connectivity index (χ0) is 18.5. The molecule has 1 aromatic heterocycles. The summed E-state index contributed by atoms with van der Waals surface area (Å²) in [7, 11) is 0. The molecule has 5 heteroatoms. The maximum atomic E-state index is 12.2.